The second-order valence-electron chi connectivity index (χ2n) is 8.35. The Bertz CT molecular complexity index is 1240. The quantitative estimate of drug-likeness (QED) is 0.491. The van der Waals surface area contributed by atoms with Crippen LogP contribution >= 0.6 is 0 Å². The highest BCUT2D eigenvalue weighted by molar-refractivity contribution is 5.94. The van der Waals surface area contributed by atoms with Crippen LogP contribution in [0.4, 0.5) is 0 Å². The lowest BCUT2D eigenvalue weighted by Gasteiger charge is -2.22. The number of aryl methyl sites for hydroxylation is 1. The van der Waals surface area contributed by atoms with E-state index in [1.54, 1.807) is 4.68 Å². The summed E-state index contributed by atoms with van der Waals surface area (Å²) in [6.07, 6.45) is 4.20. The van der Waals surface area contributed by atoms with Gasteiger partial charge in [-0.3, -0.25) is 14.8 Å². The number of nitrogens with one attached hydrogen (secondary N) is 2. The number of aromatic nitrogens is 5. The minimum atomic E-state index is -0.0443. The zero-order valence-electron chi connectivity index (χ0n) is 18.4. The highest BCUT2D eigenvalue weighted by Gasteiger charge is 2.23. The van der Waals surface area contributed by atoms with Gasteiger partial charge in [0.25, 0.3) is 5.91 Å². The third-order valence-electron chi connectivity index (χ3n) is 6.25. The largest absolute Gasteiger partial charge is 0.350 e. The molecule has 1 fully saturated rings. The summed E-state index contributed by atoms with van der Waals surface area (Å²) in [5.74, 6) is -0.0443. The monoisotopic (exact) mass is 429 g/mol. The molecule has 3 heterocycles. The maximum absolute atomic E-state index is 12.6. The van der Waals surface area contributed by atoms with Crippen LogP contribution in [0.2, 0.25) is 0 Å². The highest BCUT2D eigenvalue weighted by atomic mass is 16.1. The van der Waals surface area contributed by atoms with E-state index in [0.29, 0.717) is 23.8 Å². The van der Waals surface area contributed by atoms with Crippen LogP contribution in [0.1, 0.15) is 35.7 Å². The Balaban J connectivity index is 1.29. The van der Waals surface area contributed by atoms with E-state index >= 15 is 0 Å². The molecule has 1 unspecified atom stereocenters. The molecule has 5 rings (SSSR count). The Labute approximate surface area is 186 Å². The van der Waals surface area contributed by atoms with Gasteiger partial charge in [0.15, 0.2) is 0 Å². The average molecular weight is 430 g/mol. The zero-order valence-corrected chi connectivity index (χ0v) is 18.4. The van der Waals surface area contributed by atoms with Crippen molar-refractivity contribution in [3.8, 4) is 17.1 Å². The van der Waals surface area contributed by atoms with Crippen molar-refractivity contribution in [2.24, 2.45) is 0 Å². The van der Waals surface area contributed by atoms with Gasteiger partial charge in [0, 0.05) is 23.5 Å². The van der Waals surface area contributed by atoms with Gasteiger partial charge >= 0.3 is 0 Å². The summed E-state index contributed by atoms with van der Waals surface area (Å²) in [5, 5.41) is 20.1. The molecule has 164 valence electrons. The molecule has 0 spiro atoms. The highest BCUT2D eigenvalue weighted by Crippen LogP contribution is 2.26. The summed E-state index contributed by atoms with van der Waals surface area (Å²) in [5.41, 5.74) is 5.08. The fourth-order valence-corrected chi connectivity index (χ4v) is 4.44. The van der Waals surface area contributed by atoms with Crippen molar-refractivity contribution in [3.63, 3.8) is 0 Å². The average Bonchev–Trinajstić information content (AvgIpc) is 3.56. The van der Waals surface area contributed by atoms with E-state index in [4.69, 9.17) is 0 Å². The van der Waals surface area contributed by atoms with E-state index in [9.17, 15) is 4.79 Å². The number of carbonyl (C=O) groups excluding carboxylic acids is 1. The minimum Gasteiger partial charge on any atom is -0.350 e. The minimum absolute atomic E-state index is 0.0443. The number of carbonyl (C=O) groups is 1. The second kappa shape index (κ2) is 8.55. The summed E-state index contributed by atoms with van der Waals surface area (Å²) in [4.78, 5) is 15.0. The van der Waals surface area contributed by atoms with E-state index in [1.165, 1.54) is 6.42 Å². The molecule has 0 radical (unpaired) electrons. The fourth-order valence-electron chi connectivity index (χ4n) is 4.44. The third-order valence-corrected chi connectivity index (χ3v) is 6.25. The van der Waals surface area contributed by atoms with Gasteiger partial charge in [-0.15, -0.1) is 5.10 Å². The van der Waals surface area contributed by atoms with Crippen molar-refractivity contribution in [3.05, 3.63) is 59.8 Å². The molecular weight excluding hydrogens is 402 g/mol. The van der Waals surface area contributed by atoms with Gasteiger partial charge in [-0.25, -0.2) is 4.68 Å². The van der Waals surface area contributed by atoms with Crippen molar-refractivity contribution in [2.75, 3.05) is 19.6 Å². The molecule has 1 atom stereocenters. The maximum Gasteiger partial charge on any atom is 0.251 e. The first-order valence-corrected chi connectivity index (χ1v) is 11.1. The standard InChI is InChI=1S/C24H27N7O/c1-3-30-12-4-5-19(30)14-25-24(32)17-7-9-18(10-8-17)31-15-22(27-29-31)23-20-13-16(2)6-11-21(20)26-28-23/h6-11,13,15,19H,3-5,12,14H2,1-2H3,(H,25,32)(H,26,28). The van der Waals surface area contributed by atoms with E-state index in [2.05, 4.69) is 50.6 Å². The Hall–Kier alpha value is -3.52. The van der Waals surface area contributed by atoms with Crippen LogP contribution < -0.4 is 5.32 Å². The predicted octanol–water partition coefficient (Wildman–Crippen LogP) is 3.33. The normalized spacial score (nSPS) is 16.6. The molecule has 1 aliphatic rings. The third kappa shape index (κ3) is 3.89. The fraction of sp³-hybridized carbons (Fsp3) is 0.333. The van der Waals surface area contributed by atoms with Crippen LogP contribution in [0.3, 0.4) is 0 Å². The Kier molecular flexibility index (Phi) is 5.45. The first-order valence-electron chi connectivity index (χ1n) is 11.1. The van der Waals surface area contributed by atoms with Crippen molar-refractivity contribution < 1.29 is 4.79 Å². The first-order chi connectivity index (χ1) is 15.6. The van der Waals surface area contributed by atoms with E-state index in [0.717, 1.165) is 47.4 Å². The molecule has 8 heteroatoms. The van der Waals surface area contributed by atoms with Crippen molar-refractivity contribution in [1.82, 2.24) is 35.4 Å². The summed E-state index contributed by atoms with van der Waals surface area (Å²) < 4.78 is 1.70. The molecule has 8 nitrogen and oxygen atoms in total. The number of benzene rings is 2. The number of likely N-dealkylation sites (tertiary alicyclic amines) is 1. The maximum atomic E-state index is 12.6. The van der Waals surface area contributed by atoms with Crippen LogP contribution in [-0.2, 0) is 0 Å². The molecular formula is C24H27N7O. The number of rotatable bonds is 6. The predicted molar refractivity (Wildman–Crippen MR) is 124 cm³/mol. The van der Waals surface area contributed by atoms with Gasteiger partial charge in [-0.05, 0) is 69.3 Å². The molecule has 0 saturated carbocycles. The van der Waals surface area contributed by atoms with Crippen LogP contribution in [0.5, 0.6) is 0 Å². The van der Waals surface area contributed by atoms with Gasteiger partial charge in [0.2, 0.25) is 0 Å². The molecule has 0 aliphatic carbocycles. The van der Waals surface area contributed by atoms with Crippen LogP contribution in [0.25, 0.3) is 28.0 Å². The van der Waals surface area contributed by atoms with Gasteiger partial charge in [-0.2, -0.15) is 5.10 Å². The zero-order chi connectivity index (χ0) is 22.1. The number of fused-ring (bicyclic) bond motifs is 1. The molecule has 1 amide bonds. The second-order valence-corrected chi connectivity index (χ2v) is 8.35. The van der Waals surface area contributed by atoms with E-state index < -0.39 is 0 Å². The number of likely N-dealkylation sites (N-methyl/N-ethyl adjacent to an activating group) is 1. The van der Waals surface area contributed by atoms with E-state index in [-0.39, 0.29) is 5.91 Å². The lowest BCUT2D eigenvalue weighted by molar-refractivity contribution is 0.0941. The van der Waals surface area contributed by atoms with Crippen molar-refractivity contribution >= 4 is 16.8 Å². The summed E-state index contributed by atoms with van der Waals surface area (Å²) in [7, 11) is 0. The lowest BCUT2D eigenvalue weighted by Crippen LogP contribution is -2.40. The Morgan fingerprint density at radius 2 is 2.06 bits per heavy atom. The molecule has 2 N–H and O–H groups in total. The summed E-state index contributed by atoms with van der Waals surface area (Å²) in [6, 6.07) is 14.0. The SMILES string of the molecule is CCN1CCCC1CNC(=O)c1ccc(-n2cc(-c3n[nH]c4ccc(C)cc34)nn2)cc1. The number of H-pyrrole nitrogens is 1. The molecule has 4 aromatic rings. The van der Waals surface area contributed by atoms with Gasteiger partial charge in [-0.1, -0.05) is 23.8 Å². The topological polar surface area (TPSA) is 91.7 Å². The van der Waals surface area contributed by atoms with Crippen LogP contribution in [-0.4, -0.2) is 61.7 Å². The molecule has 0 bridgehead atoms. The summed E-state index contributed by atoms with van der Waals surface area (Å²) in [6.45, 7) is 7.07. The number of nitrogens with zero attached hydrogens (tertiary/aromatic N) is 5. The molecule has 32 heavy (non-hydrogen) atoms. The number of hydrogen-bond donors (Lipinski definition) is 2. The van der Waals surface area contributed by atoms with Gasteiger partial charge in [0.05, 0.1) is 17.4 Å². The van der Waals surface area contributed by atoms with Crippen molar-refractivity contribution in [1.29, 1.82) is 0 Å². The Morgan fingerprint density at radius 1 is 1.22 bits per heavy atom. The van der Waals surface area contributed by atoms with Crippen LogP contribution in [0.15, 0.2) is 48.7 Å². The molecule has 1 aliphatic heterocycles. The summed E-state index contributed by atoms with van der Waals surface area (Å²) >= 11 is 0. The number of hydrogen-bond acceptors (Lipinski definition) is 5. The van der Waals surface area contributed by atoms with E-state index in [1.807, 2.05) is 42.6 Å². The smallest absolute Gasteiger partial charge is 0.251 e. The van der Waals surface area contributed by atoms with Crippen LogP contribution in [0, 0.1) is 6.92 Å². The van der Waals surface area contributed by atoms with Gasteiger partial charge < -0.3 is 5.32 Å². The molecule has 2 aromatic heterocycles. The lowest BCUT2D eigenvalue weighted by atomic mass is 10.1. The molecule has 2 aromatic carbocycles. The molecule has 1 saturated heterocycles. The first kappa shape index (κ1) is 20.4. The number of amides is 1. The van der Waals surface area contributed by atoms with Crippen molar-refractivity contribution in [2.45, 2.75) is 32.7 Å². The van der Waals surface area contributed by atoms with Gasteiger partial charge in [0.1, 0.15) is 11.4 Å². The Morgan fingerprint density at radius 3 is 2.88 bits per heavy atom. The number of aromatic amines is 1.